The summed E-state index contributed by atoms with van der Waals surface area (Å²) in [6.07, 6.45) is 0. The lowest BCUT2D eigenvalue weighted by atomic mass is 10.1. The Bertz CT molecular complexity index is 494. The summed E-state index contributed by atoms with van der Waals surface area (Å²) in [5.41, 5.74) is 6.72. The molecule has 0 aliphatic carbocycles. The van der Waals surface area contributed by atoms with Gasteiger partial charge in [0.05, 0.1) is 13.0 Å². The van der Waals surface area contributed by atoms with E-state index in [1.54, 1.807) is 24.9 Å². The molecule has 0 heterocycles. The monoisotopic (exact) mass is 284 g/mol. The van der Waals surface area contributed by atoms with Crippen molar-refractivity contribution in [3.05, 3.63) is 29.6 Å². The first-order chi connectivity index (χ1) is 8.86. The number of esters is 1. The highest BCUT2D eigenvalue weighted by Crippen LogP contribution is 2.21. The van der Waals surface area contributed by atoms with Gasteiger partial charge < -0.3 is 15.4 Å². The van der Waals surface area contributed by atoms with Crippen LogP contribution in [0.3, 0.4) is 0 Å². The summed E-state index contributed by atoms with van der Waals surface area (Å²) in [6, 6.07) is 4.21. The van der Waals surface area contributed by atoms with Crippen molar-refractivity contribution >= 4 is 28.9 Å². The Morgan fingerprint density at radius 3 is 2.74 bits per heavy atom. The van der Waals surface area contributed by atoms with E-state index >= 15 is 0 Å². The molecule has 4 nitrogen and oxygen atoms in total. The lowest BCUT2D eigenvalue weighted by Gasteiger charge is -2.24. The van der Waals surface area contributed by atoms with Gasteiger partial charge in [-0.05, 0) is 18.2 Å². The Morgan fingerprint density at radius 2 is 2.21 bits per heavy atom. The SMILES string of the molecule is COC(=O)C(C)CN(C)c1ccc(F)cc1C(N)=S. The summed E-state index contributed by atoms with van der Waals surface area (Å²) in [4.78, 5) is 13.3. The molecule has 1 rings (SSSR count). The maximum atomic E-state index is 13.2. The molecule has 0 aliphatic rings. The number of methoxy groups -OCH3 is 1. The predicted octanol–water partition coefficient (Wildman–Crippen LogP) is 1.71. The fraction of sp³-hybridized carbons (Fsp3) is 0.385. The molecule has 0 fully saturated rings. The quantitative estimate of drug-likeness (QED) is 0.659. The van der Waals surface area contributed by atoms with Crippen LogP contribution in [0, 0.1) is 11.7 Å². The van der Waals surface area contributed by atoms with Crippen LogP contribution in [0.4, 0.5) is 10.1 Å². The van der Waals surface area contributed by atoms with E-state index in [1.165, 1.54) is 19.2 Å². The number of nitrogens with two attached hydrogens (primary N) is 1. The molecule has 2 N–H and O–H groups in total. The summed E-state index contributed by atoms with van der Waals surface area (Å²) in [5, 5.41) is 0. The third-order valence-corrected chi connectivity index (χ3v) is 3.01. The van der Waals surface area contributed by atoms with E-state index < -0.39 is 5.82 Å². The van der Waals surface area contributed by atoms with Gasteiger partial charge >= 0.3 is 5.97 Å². The van der Waals surface area contributed by atoms with Crippen molar-refractivity contribution in [2.45, 2.75) is 6.92 Å². The second-order valence-corrected chi connectivity index (χ2v) is 4.77. The van der Waals surface area contributed by atoms with E-state index in [2.05, 4.69) is 4.74 Å². The Balaban J connectivity index is 2.96. The van der Waals surface area contributed by atoms with Crippen LogP contribution in [0.2, 0.25) is 0 Å². The van der Waals surface area contributed by atoms with Crippen molar-refractivity contribution in [1.29, 1.82) is 0 Å². The van der Waals surface area contributed by atoms with Crippen molar-refractivity contribution in [2.75, 3.05) is 25.6 Å². The molecule has 0 amide bonds. The molecule has 1 unspecified atom stereocenters. The van der Waals surface area contributed by atoms with Crippen LogP contribution in [-0.4, -0.2) is 31.7 Å². The first kappa shape index (κ1) is 15.4. The van der Waals surface area contributed by atoms with Crippen molar-refractivity contribution in [2.24, 2.45) is 11.7 Å². The van der Waals surface area contributed by atoms with Gasteiger partial charge in [0.25, 0.3) is 0 Å². The Hall–Kier alpha value is -1.69. The number of carbonyl (C=O) groups is 1. The Labute approximate surface area is 117 Å². The minimum absolute atomic E-state index is 0.118. The number of nitrogens with zero attached hydrogens (tertiary/aromatic N) is 1. The third-order valence-electron chi connectivity index (χ3n) is 2.79. The molecule has 1 atom stereocenters. The first-order valence-electron chi connectivity index (χ1n) is 5.75. The molecular weight excluding hydrogens is 267 g/mol. The second kappa shape index (κ2) is 6.47. The number of halogens is 1. The van der Waals surface area contributed by atoms with Gasteiger partial charge in [0.2, 0.25) is 0 Å². The highest BCUT2D eigenvalue weighted by molar-refractivity contribution is 7.80. The molecular formula is C13H17FN2O2S. The Kier molecular flexibility index (Phi) is 5.23. The predicted molar refractivity (Wildman–Crippen MR) is 76.7 cm³/mol. The molecule has 0 radical (unpaired) electrons. The van der Waals surface area contributed by atoms with Gasteiger partial charge in [0, 0.05) is 24.8 Å². The first-order valence-corrected chi connectivity index (χ1v) is 6.16. The van der Waals surface area contributed by atoms with Crippen LogP contribution in [-0.2, 0) is 9.53 Å². The molecule has 104 valence electrons. The van der Waals surface area contributed by atoms with E-state index in [9.17, 15) is 9.18 Å². The summed E-state index contributed by atoms with van der Waals surface area (Å²) in [6.45, 7) is 2.18. The van der Waals surface area contributed by atoms with Crippen molar-refractivity contribution in [3.8, 4) is 0 Å². The fourth-order valence-electron chi connectivity index (χ4n) is 1.82. The molecule has 0 aromatic heterocycles. The molecule has 1 aromatic rings. The zero-order chi connectivity index (χ0) is 14.6. The summed E-state index contributed by atoms with van der Waals surface area (Å²) >= 11 is 4.91. The second-order valence-electron chi connectivity index (χ2n) is 4.33. The number of hydrogen-bond donors (Lipinski definition) is 1. The van der Waals surface area contributed by atoms with Gasteiger partial charge in [-0.3, -0.25) is 4.79 Å². The van der Waals surface area contributed by atoms with E-state index in [0.29, 0.717) is 17.8 Å². The number of benzene rings is 1. The van der Waals surface area contributed by atoms with E-state index in [0.717, 1.165) is 0 Å². The van der Waals surface area contributed by atoms with Crippen molar-refractivity contribution in [1.82, 2.24) is 0 Å². The average molecular weight is 284 g/mol. The van der Waals surface area contributed by atoms with Crippen LogP contribution >= 0.6 is 12.2 Å². The van der Waals surface area contributed by atoms with Crippen molar-refractivity contribution < 1.29 is 13.9 Å². The van der Waals surface area contributed by atoms with E-state index in [-0.39, 0.29) is 16.9 Å². The highest BCUT2D eigenvalue weighted by Gasteiger charge is 2.18. The van der Waals surface area contributed by atoms with Crippen LogP contribution in [0.1, 0.15) is 12.5 Å². The molecule has 19 heavy (non-hydrogen) atoms. The number of carbonyl (C=O) groups excluding carboxylic acids is 1. The van der Waals surface area contributed by atoms with E-state index in [1.807, 2.05) is 0 Å². The maximum absolute atomic E-state index is 13.2. The third kappa shape index (κ3) is 3.89. The normalized spacial score (nSPS) is 11.8. The lowest BCUT2D eigenvalue weighted by molar-refractivity contribution is -0.144. The van der Waals surface area contributed by atoms with Gasteiger partial charge in [-0.2, -0.15) is 0 Å². The smallest absolute Gasteiger partial charge is 0.310 e. The van der Waals surface area contributed by atoms with Crippen LogP contribution in [0.5, 0.6) is 0 Å². The lowest BCUT2D eigenvalue weighted by Crippen LogP contribution is -2.30. The largest absolute Gasteiger partial charge is 0.469 e. The minimum atomic E-state index is -0.402. The number of ether oxygens (including phenoxy) is 1. The van der Waals surface area contributed by atoms with Gasteiger partial charge in [-0.1, -0.05) is 19.1 Å². The molecule has 0 saturated carbocycles. The number of anilines is 1. The Morgan fingerprint density at radius 1 is 1.58 bits per heavy atom. The van der Waals surface area contributed by atoms with Gasteiger partial charge in [-0.25, -0.2) is 4.39 Å². The van der Waals surface area contributed by atoms with Gasteiger partial charge in [0.1, 0.15) is 10.8 Å². The topological polar surface area (TPSA) is 55.6 Å². The summed E-state index contributed by atoms with van der Waals surface area (Å²) < 4.78 is 17.9. The standard InChI is InChI=1S/C13H17FN2O2S/c1-8(13(17)18-3)7-16(2)11-5-4-9(14)6-10(11)12(15)19/h4-6,8H,7H2,1-3H3,(H2,15,19). The van der Waals surface area contributed by atoms with Gasteiger partial charge in [0.15, 0.2) is 0 Å². The zero-order valence-corrected chi connectivity index (χ0v) is 12.0. The molecule has 0 bridgehead atoms. The molecule has 0 aliphatic heterocycles. The van der Waals surface area contributed by atoms with Crippen LogP contribution < -0.4 is 10.6 Å². The fourth-order valence-corrected chi connectivity index (χ4v) is 1.99. The molecule has 0 saturated heterocycles. The minimum Gasteiger partial charge on any atom is -0.469 e. The van der Waals surface area contributed by atoms with E-state index in [4.69, 9.17) is 18.0 Å². The maximum Gasteiger partial charge on any atom is 0.310 e. The summed E-state index contributed by atoms with van der Waals surface area (Å²) in [5.74, 6) is -1.01. The number of thiocarbonyl (C=S) groups is 1. The van der Waals surface area contributed by atoms with Crippen LogP contribution in [0.15, 0.2) is 18.2 Å². The highest BCUT2D eigenvalue weighted by atomic mass is 32.1. The number of rotatable bonds is 5. The zero-order valence-electron chi connectivity index (χ0n) is 11.1. The molecule has 1 aromatic carbocycles. The van der Waals surface area contributed by atoms with Crippen LogP contribution in [0.25, 0.3) is 0 Å². The molecule has 0 spiro atoms. The number of hydrogen-bond acceptors (Lipinski definition) is 4. The van der Waals surface area contributed by atoms with Gasteiger partial charge in [-0.15, -0.1) is 0 Å². The summed E-state index contributed by atoms with van der Waals surface area (Å²) in [7, 11) is 3.13. The average Bonchev–Trinajstić information content (AvgIpc) is 2.37. The van der Waals surface area contributed by atoms with Crippen molar-refractivity contribution in [3.63, 3.8) is 0 Å². The molecule has 6 heteroatoms.